The summed E-state index contributed by atoms with van der Waals surface area (Å²) in [5.74, 6) is -0.107. The van der Waals surface area contributed by atoms with E-state index in [0.717, 1.165) is 12.6 Å². The third kappa shape index (κ3) is 5.10. The predicted molar refractivity (Wildman–Crippen MR) is 126 cm³/mol. The van der Waals surface area contributed by atoms with Crippen molar-refractivity contribution in [3.05, 3.63) is 91.0 Å². The fourth-order valence-electron chi connectivity index (χ4n) is 3.58. The van der Waals surface area contributed by atoms with Gasteiger partial charge in [0.25, 0.3) is 0 Å². The Morgan fingerprint density at radius 3 is 1.50 bits per heavy atom. The molecule has 0 aliphatic carbocycles. The zero-order valence-corrected chi connectivity index (χ0v) is 18.8. The molecule has 0 spiro atoms. The minimum absolute atomic E-state index is 0. The number of hydrogen-bond acceptors (Lipinski definition) is 2. The number of benzene rings is 3. The Morgan fingerprint density at radius 1 is 0.750 bits per heavy atom. The van der Waals surface area contributed by atoms with Gasteiger partial charge < -0.3 is 4.74 Å². The monoisotopic (exact) mass is 457 g/mol. The summed E-state index contributed by atoms with van der Waals surface area (Å²) in [4.78, 5) is 11.9. The van der Waals surface area contributed by atoms with Crippen LogP contribution in [0.1, 0.15) is 19.8 Å². The van der Waals surface area contributed by atoms with Gasteiger partial charge >= 0.3 is 5.97 Å². The number of rotatable bonds is 8. The molecule has 0 fully saturated rings. The van der Waals surface area contributed by atoms with Gasteiger partial charge in [0.15, 0.2) is 0 Å². The molecule has 3 aromatic carbocycles. The first kappa shape index (κ1) is 22.3. The number of hydrogen-bond donors (Lipinski definition) is 0. The van der Waals surface area contributed by atoms with Gasteiger partial charge in [0.2, 0.25) is 0 Å². The molecule has 0 heterocycles. The van der Waals surface area contributed by atoms with Crippen molar-refractivity contribution in [3.8, 4) is 0 Å². The summed E-state index contributed by atoms with van der Waals surface area (Å²) >= 11 is 0. The quantitative estimate of drug-likeness (QED) is 0.355. The van der Waals surface area contributed by atoms with Gasteiger partial charge in [0.1, 0.15) is 23.2 Å². The molecule has 0 saturated carbocycles. The van der Waals surface area contributed by atoms with E-state index in [2.05, 4.69) is 91.0 Å². The van der Waals surface area contributed by atoms with Crippen LogP contribution in [0.2, 0.25) is 0 Å². The van der Waals surface area contributed by atoms with Gasteiger partial charge in [-0.05, 0) is 49.7 Å². The maximum Gasteiger partial charge on any atom is 0.305 e. The number of ether oxygens (including phenoxy) is 1. The molecule has 2 nitrogen and oxygen atoms in total. The molecule has 0 bridgehead atoms. The number of esters is 1. The molecule has 3 aromatic rings. The molecule has 146 valence electrons. The maximum absolute atomic E-state index is 11.9. The first-order valence-electron chi connectivity index (χ1n) is 9.48. The summed E-state index contributed by atoms with van der Waals surface area (Å²) < 4.78 is 5.15. The van der Waals surface area contributed by atoms with E-state index in [4.69, 9.17) is 4.74 Å². The summed E-state index contributed by atoms with van der Waals surface area (Å²) in [5.41, 5.74) is 0. The molecule has 0 amide bonds. The van der Waals surface area contributed by atoms with E-state index < -0.39 is 7.26 Å². The van der Waals surface area contributed by atoms with Crippen molar-refractivity contribution in [3.63, 3.8) is 0 Å². The Bertz CT molecular complexity index is 742. The highest BCUT2D eigenvalue weighted by atomic mass is 79.9. The second-order valence-corrected chi connectivity index (χ2v) is 10.1. The van der Waals surface area contributed by atoms with E-state index in [1.165, 1.54) is 15.9 Å². The van der Waals surface area contributed by atoms with Crippen LogP contribution in [0.25, 0.3) is 0 Å². The van der Waals surface area contributed by atoms with E-state index in [1.54, 1.807) is 0 Å². The van der Waals surface area contributed by atoms with Crippen molar-refractivity contribution in [2.24, 2.45) is 0 Å². The highest BCUT2D eigenvalue weighted by molar-refractivity contribution is 8.93. The summed E-state index contributed by atoms with van der Waals surface area (Å²) in [6.45, 7) is 2.29. The third-order valence-electron chi connectivity index (χ3n) is 4.77. The van der Waals surface area contributed by atoms with Gasteiger partial charge in [-0.15, -0.1) is 17.0 Å². The lowest BCUT2D eigenvalue weighted by Crippen LogP contribution is -2.33. The van der Waals surface area contributed by atoms with Crippen molar-refractivity contribution >= 4 is 46.1 Å². The van der Waals surface area contributed by atoms with Crippen molar-refractivity contribution < 1.29 is 9.53 Å². The van der Waals surface area contributed by atoms with Crippen LogP contribution in [0.4, 0.5) is 0 Å². The smallest absolute Gasteiger partial charge is 0.305 e. The molecule has 28 heavy (non-hydrogen) atoms. The Kier molecular flexibility index (Phi) is 8.89. The fraction of sp³-hybridized carbons (Fsp3) is 0.208. The molecule has 0 radical (unpaired) electrons. The van der Waals surface area contributed by atoms with E-state index in [0.29, 0.717) is 13.0 Å². The lowest BCUT2D eigenvalue weighted by molar-refractivity contribution is -0.143. The summed E-state index contributed by atoms with van der Waals surface area (Å²) in [5, 5.41) is 4.06. The molecule has 0 aliphatic heterocycles. The largest absolute Gasteiger partial charge is 0.466 e. The van der Waals surface area contributed by atoms with E-state index in [1.807, 2.05) is 6.92 Å². The highest BCUT2D eigenvalue weighted by Gasteiger charge is 2.44. The predicted octanol–water partition coefficient (Wildman–Crippen LogP) is 4.90. The van der Waals surface area contributed by atoms with Crippen LogP contribution < -0.4 is 15.9 Å². The van der Waals surface area contributed by atoms with Gasteiger partial charge in [-0.1, -0.05) is 54.6 Å². The fourth-order valence-corrected chi connectivity index (χ4v) is 7.92. The van der Waals surface area contributed by atoms with Crippen molar-refractivity contribution in [2.45, 2.75) is 19.8 Å². The molecule has 3 rings (SSSR count). The van der Waals surface area contributed by atoms with Gasteiger partial charge in [-0.25, -0.2) is 0 Å². The van der Waals surface area contributed by atoms with Gasteiger partial charge in [-0.3, -0.25) is 4.79 Å². The first-order valence-corrected chi connectivity index (χ1v) is 11.5. The molecule has 0 atom stereocenters. The maximum atomic E-state index is 11.9. The Labute approximate surface area is 179 Å². The van der Waals surface area contributed by atoms with Crippen LogP contribution in [0.3, 0.4) is 0 Å². The Hall–Kier alpha value is -1.96. The average molecular weight is 458 g/mol. The molecule has 0 saturated heterocycles. The summed E-state index contributed by atoms with van der Waals surface area (Å²) in [6, 6.07) is 32.3. The highest BCUT2D eigenvalue weighted by Crippen LogP contribution is 2.55. The van der Waals surface area contributed by atoms with E-state index in [9.17, 15) is 4.79 Å². The van der Waals surface area contributed by atoms with Crippen molar-refractivity contribution in [2.75, 3.05) is 12.8 Å². The van der Waals surface area contributed by atoms with Crippen molar-refractivity contribution in [1.29, 1.82) is 0 Å². The molecule has 4 heteroatoms. The van der Waals surface area contributed by atoms with E-state index >= 15 is 0 Å². The molecule has 0 N–H and O–H groups in total. The number of carbonyl (C=O) groups excluding carboxylic acids is 1. The van der Waals surface area contributed by atoms with Crippen LogP contribution in [-0.4, -0.2) is 18.7 Å². The van der Waals surface area contributed by atoms with Crippen molar-refractivity contribution in [1.82, 2.24) is 0 Å². The number of carbonyl (C=O) groups is 1. The zero-order valence-electron chi connectivity index (χ0n) is 16.2. The van der Waals surface area contributed by atoms with Gasteiger partial charge in [0, 0.05) is 6.42 Å². The zero-order chi connectivity index (χ0) is 19.0. The van der Waals surface area contributed by atoms with Crippen LogP contribution in [-0.2, 0) is 9.53 Å². The minimum atomic E-state index is -1.84. The molecule has 0 aromatic heterocycles. The van der Waals surface area contributed by atoms with Crippen LogP contribution >= 0.6 is 24.2 Å². The second-order valence-electron chi connectivity index (χ2n) is 6.45. The second kappa shape index (κ2) is 11.1. The lowest BCUT2D eigenvalue weighted by atomic mass is 10.3. The third-order valence-corrected chi connectivity index (χ3v) is 9.30. The topological polar surface area (TPSA) is 26.3 Å². The first-order chi connectivity index (χ1) is 13.3. The molecule has 0 unspecified atom stereocenters. The van der Waals surface area contributed by atoms with Crippen LogP contribution in [0.15, 0.2) is 91.0 Å². The SMILES string of the molecule is Br.CCOC(=O)CCC[P+](c1ccccc1)(c1ccccc1)c1ccccc1. The van der Waals surface area contributed by atoms with E-state index in [-0.39, 0.29) is 23.0 Å². The van der Waals surface area contributed by atoms with Crippen LogP contribution in [0.5, 0.6) is 0 Å². The lowest BCUT2D eigenvalue weighted by Gasteiger charge is -2.27. The average Bonchev–Trinajstić information content (AvgIpc) is 2.73. The van der Waals surface area contributed by atoms with Gasteiger partial charge in [-0.2, -0.15) is 0 Å². The minimum Gasteiger partial charge on any atom is -0.466 e. The Morgan fingerprint density at radius 2 is 1.14 bits per heavy atom. The normalized spacial score (nSPS) is 10.8. The summed E-state index contributed by atoms with van der Waals surface area (Å²) in [7, 11) is -1.84. The summed E-state index contributed by atoms with van der Waals surface area (Å²) in [6.07, 6.45) is 2.22. The number of halogens is 1. The van der Waals surface area contributed by atoms with Crippen LogP contribution in [0, 0.1) is 0 Å². The Balaban J connectivity index is 0.00000280. The molecule has 0 aliphatic rings. The van der Waals surface area contributed by atoms with Gasteiger partial charge in [0.05, 0.1) is 12.8 Å². The molecular weight excluding hydrogens is 431 g/mol. The molecular formula is C24H27BrO2P+. The standard InChI is InChI=1S/C24H26O2P.BrH/c1-2-26-24(25)19-12-20-27(21-13-6-3-7-14-21,22-15-8-4-9-16-22)23-17-10-5-11-18-23;/h3-11,13-18H,2,12,19-20H2,1H3;1H/q+1;.